The van der Waals surface area contributed by atoms with Gasteiger partial charge in [0.2, 0.25) is 0 Å². The van der Waals surface area contributed by atoms with Gasteiger partial charge in [-0.2, -0.15) is 0 Å². The van der Waals surface area contributed by atoms with E-state index in [1.54, 1.807) is 6.20 Å². The molecule has 51 heavy (non-hydrogen) atoms. The van der Waals surface area contributed by atoms with Crippen LogP contribution in [-0.4, -0.2) is 24.9 Å². The molecule has 4 heterocycles. The molecule has 0 radical (unpaired) electrons. The van der Waals surface area contributed by atoms with E-state index in [0.717, 1.165) is 82.7 Å². The Kier molecular flexibility index (Phi) is 6.70. The summed E-state index contributed by atoms with van der Waals surface area (Å²) >= 11 is 0. The van der Waals surface area contributed by atoms with Gasteiger partial charge in [-0.15, -0.1) is 0 Å². The summed E-state index contributed by atoms with van der Waals surface area (Å²) in [5.41, 5.74) is 9.18. The molecule has 10 rings (SSSR count). The predicted molar refractivity (Wildman–Crippen MR) is 205 cm³/mol. The summed E-state index contributed by atoms with van der Waals surface area (Å²) in [5.74, 6) is 1.87. The number of benzene rings is 6. The van der Waals surface area contributed by atoms with Crippen molar-refractivity contribution in [2.45, 2.75) is 0 Å². The molecule has 0 spiro atoms. The van der Waals surface area contributed by atoms with Gasteiger partial charge in [0.25, 0.3) is 0 Å². The average molecular weight is 654 g/mol. The monoisotopic (exact) mass is 653 g/mol. The lowest BCUT2D eigenvalue weighted by molar-refractivity contribution is 0.668. The molecule has 6 heteroatoms. The fourth-order valence-electron chi connectivity index (χ4n) is 6.99. The van der Waals surface area contributed by atoms with Gasteiger partial charge in [-0.3, -0.25) is 9.97 Å². The highest BCUT2D eigenvalue weighted by Gasteiger charge is 2.19. The minimum atomic E-state index is 0.616. The summed E-state index contributed by atoms with van der Waals surface area (Å²) in [7, 11) is 0. The quantitative estimate of drug-likeness (QED) is 0.184. The van der Waals surface area contributed by atoms with Crippen LogP contribution in [0.3, 0.4) is 0 Å². The van der Waals surface area contributed by atoms with Gasteiger partial charge in [0.1, 0.15) is 11.2 Å². The Labute approximate surface area is 292 Å². The normalized spacial score (nSPS) is 11.5. The third-order valence-electron chi connectivity index (χ3n) is 9.41. The first kappa shape index (κ1) is 28.9. The molecule has 0 fully saturated rings. The number of nitrogens with zero attached hydrogens (tertiary/aromatic N) is 5. The second kappa shape index (κ2) is 11.8. The van der Waals surface area contributed by atoms with Crippen LogP contribution in [-0.2, 0) is 0 Å². The summed E-state index contributed by atoms with van der Waals surface area (Å²) in [6.45, 7) is 0. The Morgan fingerprint density at radius 1 is 0.392 bits per heavy atom. The van der Waals surface area contributed by atoms with Gasteiger partial charge in [0.05, 0.1) is 16.6 Å². The zero-order valence-electron chi connectivity index (χ0n) is 27.2. The zero-order chi connectivity index (χ0) is 33.7. The molecule has 0 saturated heterocycles. The molecule has 0 unspecified atom stereocenters. The highest BCUT2D eigenvalue weighted by atomic mass is 16.3. The highest BCUT2D eigenvalue weighted by Crippen LogP contribution is 2.40. The molecular formula is C45H27N5O. The van der Waals surface area contributed by atoms with Gasteiger partial charge < -0.3 is 4.42 Å². The molecule has 0 atom stereocenters. The van der Waals surface area contributed by atoms with E-state index in [2.05, 4.69) is 78.9 Å². The molecule has 0 aliphatic carbocycles. The minimum absolute atomic E-state index is 0.616. The third kappa shape index (κ3) is 5.01. The molecule has 4 aromatic heterocycles. The molecular weight excluding hydrogens is 627 g/mol. The molecule has 0 saturated carbocycles. The van der Waals surface area contributed by atoms with E-state index in [0.29, 0.717) is 17.5 Å². The van der Waals surface area contributed by atoms with Gasteiger partial charge in [-0.25, -0.2) is 15.0 Å². The number of pyridine rings is 2. The van der Waals surface area contributed by atoms with Crippen molar-refractivity contribution in [3.8, 4) is 56.5 Å². The summed E-state index contributed by atoms with van der Waals surface area (Å²) in [6, 6.07) is 51.5. The van der Waals surface area contributed by atoms with Crippen LogP contribution in [0, 0.1) is 0 Å². The Balaban J connectivity index is 1.16. The van der Waals surface area contributed by atoms with Crippen LogP contribution in [0.5, 0.6) is 0 Å². The molecule has 238 valence electrons. The number of para-hydroxylation sites is 1. The van der Waals surface area contributed by atoms with Crippen LogP contribution in [0.2, 0.25) is 0 Å². The van der Waals surface area contributed by atoms with Crippen LogP contribution >= 0.6 is 0 Å². The highest BCUT2D eigenvalue weighted by molar-refractivity contribution is 6.14. The molecule has 0 amide bonds. The average Bonchev–Trinajstić information content (AvgIpc) is 3.59. The molecule has 0 bridgehead atoms. The number of aromatic nitrogens is 5. The molecule has 6 aromatic carbocycles. The van der Waals surface area contributed by atoms with Crippen LogP contribution in [0.15, 0.2) is 168 Å². The van der Waals surface area contributed by atoms with Crippen molar-refractivity contribution in [3.63, 3.8) is 0 Å². The lowest BCUT2D eigenvalue weighted by Crippen LogP contribution is -2.00. The van der Waals surface area contributed by atoms with Gasteiger partial charge in [-0.1, -0.05) is 115 Å². The standard InChI is InChI=1S/C45H27N5O/c1-3-11-29(12-4-1)43-48-44(30-13-5-2-6-14-30)50-45(49-43)37-26-33(25-32-15-7-8-18-34(32)37)31-20-21-35-39(27-31)51-38-22-24-47-42(40(35)38)36-19-9-16-28-17-10-23-46-41(28)36/h1-27H. The number of furan rings is 1. The van der Waals surface area contributed by atoms with Crippen LogP contribution in [0.4, 0.5) is 0 Å². The van der Waals surface area contributed by atoms with E-state index in [1.165, 1.54) is 0 Å². The van der Waals surface area contributed by atoms with E-state index in [4.69, 9.17) is 29.3 Å². The minimum Gasteiger partial charge on any atom is -0.456 e. The van der Waals surface area contributed by atoms with Crippen molar-refractivity contribution in [3.05, 3.63) is 164 Å². The van der Waals surface area contributed by atoms with E-state index in [1.807, 2.05) is 79.0 Å². The number of hydrogen-bond donors (Lipinski definition) is 0. The van der Waals surface area contributed by atoms with Crippen LogP contribution in [0.1, 0.15) is 0 Å². The van der Waals surface area contributed by atoms with Crippen molar-refractivity contribution < 1.29 is 4.42 Å². The number of hydrogen-bond acceptors (Lipinski definition) is 6. The van der Waals surface area contributed by atoms with Crippen molar-refractivity contribution in [2.24, 2.45) is 0 Å². The molecule has 0 aliphatic heterocycles. The summed E-state index contributed by atoms with van der Waals surface area (Å²) < 4.78 is 6.53. The largest absolute Gasteiger partial charge is 0.456 e. The Morgan fingerprint density at radius 3 is 1.90 bits per heavy atom. The second-order valence-electron chi connectivity index (χ2n) is 12.5. The summed E-state index contributed by atoms with van der Waals surface area (Å²) in [6.07, 6.45) is 3.63. The fraction of sp³-hybridized carbons (Fsp3) is 0. The van der Waals surface area contributed by atoms with Crippen molar-refractivity contribution in [2.75, 3.05) is 0 Å². The van der Waals surface area contributed by atoms with E-state index in [9.17, 15) is 0 Å². The maximum Gasteiger partial charge on any atom is 0.164 e. The molecule has 6 nitrogen and oxygen atoms in total. The maximum absolute atomic E-state index is 6.53. The Morgan fingerprint density at radius 2 is 1.10 bits per heavy atom. The molecule has 0 aliphatic rings. The Hall–Kier alpha value is -7.05. The summed E-state index contributed by atoms with van der Waals surface area (Å²) in [5, 5.41) is 5.20. The van der Waals surface area contributed by atoms with Gasteiger partial charge >= 0.3 is 0 Å². The third-order valence-corrected chi connectivity index (χ3v) is 9.41. The maximum atomic E-state index is 6.53. The van der Waals surface area contributed by atoms with Crippen LogP contribution < -0.4 is 0 Å². The van der Waals surface area contributed by atoms with Gasteiger partial charge in [0.15, 0.2) is 17.5 Å². The first-order chi connectivity index (χ1) is 25.3. The second-order valence-corrected chi connectivity index (χ2v) is 12.5. The first-order valence-electron chi connectivity index (χ1n) is 16.8. The zero-order valence-corrected chi connectivity index (χ0v) is 27.2. The first-order valence-corrected chi connectivity index (χ1v) is 16.8. The fourth-order valence-corrected chi connectivity index (χ4v) is 6.99. The van der Waals surface area contributed by atoms with E-state index >= 15 is 0 Å². The topological polar surface area (TPSA) is 77.6 Å². The summed E-state index contributed by atoms with van der Waals surface area (Å²) in [4.78, 5) is 24.6. The smallest absolute Gasteiger partial charge is 0.164 e. The van der Waals surface area contributed by atoms with Crippen molar-refractivity contribution in [1.82, 2.24) is 24.9 Å². The SMILES string of the molecule is c1ccc(-c2nc(-c3ccccc3)nc(-c3cc(-c4ccc5c(c4)oc4ccnc(-c6cccc7cccnc67)c45)cc4ccccc34)n2)cc1. The molecule has 10 aromatic rings. The predicted octanol–water partition coefficient (Wildman–Crippen LogP) is 11.2. The van der Waals surface area contributed by atoms with E-state index < -0.39 is 0 Å². The Bertz CT molecular complexity index is 2860. The van der Waals surface area contributed by atoms with E-state index in [-0.39, 0.29) is 0 Å². The van der Waals surface area contributed by atoms with Crippen molar-refractivity contribution >= 4 is 43.6 Å². The van der Waals surface area contributed by atoms with Gasteiger partial charge in [0, 0.05) is 45.4 Å². The van der Waals surface area contributed by atoms with Gasteiger partial charge in [-0.05, 0) is 58.3 Å². The van der Waals surface area contributed by atoms with Crippen molar-refractivity contribution in [1.29, 1.82) is 0 Å². The number of rotatable bonds is 5. The molecule has 0 N–H and O–H groups in total. The lowest BCUT2D eigenvalue weighted by atomic mass is 9.95. The van der Waals surface area contributed by atoms with Crippen LogP contribution in [0.25, 0.3) is 100 Å². The number of fused-ring (bicyclic) bond motifs is 5. The lowest BCUT2D eigenvalue weighted by Gasteiger charge is -2.13.